The summed E-state index contributed by atoms with van der Waals surface area (Å²) in [6.07, 6.45) is 0. The van der Waals surface area contributed by atoms with Crippen molar-refractivity contribution in [2.75, 3.05) is 0 Å². The lowest BCUT2D eigenvalue weighted by Crippen LogP contribution is -1.95. The Kier molecular flexibility index (Phi) is 2.04. The lowest BCUT2D eigenvalue weighted by Gasteiger charge is -2.24. The van der Waals surface area contributed by atoms with Crippen molar-refractivity contribution < 1.29 is 0 Å². The monoisotopic (exact) mass is 374 g/mol. The molecule has 0 N–H and O–H groups in total. The van der Waals surface area contributed by atoms with Crippen LogP contribution >= 0.6 is 0 Å². The van der Waals surface area contributed by atoms with Gasteiger partial charge in [0.2, 0.25) is 0 Å². The van der Waals surface area contributed by atoms with Crippen molar-refractivity contribution in [1.82, 2.24) is 0 Å². The third kappa shape index (κ3) is 1.28. The fourth-order valence-electron chi connectivity index (χ4n) is 6.30. The van der Waals surface area contributed by atoms with Crippen LogP contribution in [0.5, 0.6) is 0 Å². The van der Waals surface area contributed by atoms with Gasteiger partial charge in [-0.15, -0.1) is 0 Å². The van der Waals surface area contributed by atoms with Crippen molar-refractivity contribution in [2.45, 2.75) is 0 Å². The number of rotatable bonds is 0. The molecule has 0 saturated heterocycles. The molecule has 0 atom stereocenters. The van der Waals surface area contributed by atoms with Gasteiger partial charge in [0, 0.05) is 0 Å². The lowest BCUT2D eigenvalue weighted by atomic mass is 9.79. The lowest BCUT2D eigenvalue weighted by molar-refractivity contribution is 1.80. The number of hydrogen-bond donors (Lipinski definition) is 0. The fourth-order valence-corrected chi connectivity index (χ4v) is 6.30. The van der Waals surface area contributed by atoms with E-state index in [1.165, 1.54) is 86.2 Å². The van der Waals surface area contributed by atoms with Crippen molar-refractivity contribution in [2.24, 2.45) is 0 Å². The molecule has 0 heteroatoms. The molecule has 0 saturated carbocycles. The van der Waals surface area contributed by atoms with Gasteiger partial charge >= 0.3 is 0 Å². The highest BCUT2D eigenvalue weighted by Crippen LogP contribution is 2.52. The third-order valence-corrected chi connectivity index (χ3v) is 7.66. The van der Waals surface area contributed by atoms with E-state index in [0.717, 1.165) is 0 Å². The minimum Gasteiger partial charge on any atom is -0.0616 e. The molecular formula is C30H14. The van der Waals surface area contributed by atoms with Crippen molar-refractivity contribution in [3.63, 3.8) is 0 Å². The average Bonchev–Trinajstić information content (AvgIpc) is 2.76. The van der Waals surface area contributed by atoms with Gasteiger partial charge in [-0.05, 0) is 98.3 Å². The highest BCUT2D eigenvalue weighted by molar-refractivity contribution is 6.47. The van der Waals surface area contributed by atoms with Gasteiger partial charge in [0.15, 0.2) is 0 Å². The first-order chi connectivity index (χ1) is 14.9. The predicted molar refractivity (Wildman–Crippen MR) is 131 cm³/mol. The second-order valence-corrected chi connectivity index (χ2v) is 8.86. The molecule has 0 bridgehead atoms. The van der Waals surface area contributed by atoms with Gasteiger partial charge in [-0.2, -0.15) is 0 Å². The average molecular weight is 374 g/mol. The molecule has 0 nitrogen and oxygen atoms in total. The molecular weight excluding hydrogens is 360 g/mol. The van der Waals surface area contributed by atoms with Gasteiger partial charge in [-0.1, -0.05) is 72.8 Å². The molecule has 0 amide bonds. The minimum absolute atomic E-state index is 1.40. The molecule has 0 spiro atoms. The van der Waals surface area contributed by atoms with E-state index in [0.29, 0.717) is 0 Å². The second kappa shape index (κ2) is 4.32. The zero-order valence-corrected chi connectivity index (χ0v) is 16.1. The van der Waals surface area contributed by atoms with Gasteiger partial charge in [-0.3, -0.25) is 0 Å². The molecule has 0 radical (unpaired) electrons. The molecule has 0 unspecified atom stereocenters. The van der Waals surface area contributed by atoms with Crippen LogP contribution < -0.4 is 0 Å². The molecule has 0 fully saturated rings. The summed E-state index contributed by atoms with van der Waals surface area (Å²) in [6, 6.07) is 31.8. The van der Waals surface area contributed by atoms with Crippen molar-refractivity contribution in [1.29, 1.82) is 0 Å². The largest absolute Gasteiger partial charge is 0.0616 e. The van der Waals surface area contributed by atoms with E-state index in [9.17, 15) is 0 Å². The van der Waals surface area contributed by atoms with Crippen LogP contribution in [0.4, 0.5) is 0 Å². The van der Waals surface area contributed by atoms with Crippen LogP contribution in [0.25, 0.3) is 86.2 Å². The van der Waals surface area contributed by atoms with E-state index in [2.05, 4.69) is 84.9 Å². The molecule has 30 heavy (non-hydrogen) atoms. The summed E-state index contributed by atoms with van der Waals surface area (Å²) in [5.41, 5.74) is 0. The maximum absolute atomic E-state index is 2.45. The Hall–Kier alpha value is -3.90. The molecule has 9 aromatic rings. The summed E-state index contributed by atoms with van der Waals surface area (Å²) >= 11 is 0. The van der Waals surface area contributed by atoms with Crippen molar-refractivity contribution >= 4 is 86.2 Å². The molecule has 134 valence electrons. The molecule has 0 aliphatic carbocycles. The zero-order chi connectivity index (χ0) is 19.1. The Labute approximate surface area is 171 Å². The highest BCUT2D eigenvalue weighted by atomic mass is 14.3. The van der Waals surface area contributed by atoms with Gasteiger partial charge in [-0.25, -0.2) is 0 Å². The van der Waals surface area contributed by atoms with Crippen LogP contribution in [-0.4, -0.2) is 0 Å². The van der Waals surface area contributed by atoms with E-state index in [1.54, 1.807) is 0 Å². The smallest absolute Gasteiger partial charge is 0.00137 e. The number of hydrogen-bond acceptors (Lipinski definition) is 0. The normalized spacial score (nSPS) is 13.3. The number of benzene rings is 5. The van der Waals surface area contributed by atoms with E-state index in [4.69, 9.17) is 0 Å². The van der Waals surface area contributed by atoms with Crippen molar-refractivity contribution in [3.05, 3.63) is 84.9 Å². The fraction of sp³-hybridized carbons (Fsp3) is 0. The second-order valence-electron chi connectivity index (χ2n) is 8.86. The molecule has 0 aliphatic heterocycles. The molecule has 0 aliphatic rings. The van der Waals surface area contributed by atoms with E-state index in [-0.39, 0.29) is 0 Å². The van der Waals surface area contributed by atoms with E-state index >= 15 is 0 Å². The molecule has 9 rings (SSSR count). The summed E-state index contributed by atoms with van der Waals surface area (Å²) < 4.78 is 0. The maximum Gasteiger partial charge on any atom is -0.00137 e. The Balaban J connectivity index is 1.44. The van der Waals surface area contributed by atoms with Crippen LogP contribution in [0.2, 0.25) is 0 Å². The summed E-state index contributed by atoms with van der Waals surface area (Å²) in [5, 5.41) is 22.9. The Bertz CT molecular complexity index is 1910. The van der Waals surface area contributed by atoms with Gasteiger partial charge in [0.05, 0.1) is 0 Å². The first kappa shape index (κ1) is 14.1. The number of fused-ring (bicyclic) bond motifs is 18. The van der Waals surface area contributed by atoms with Crippen LogP contribution in [0, 0.1) is 0 Å². The first-order valence-corrected chi connectivity index (χ1v) is 10.6. The third-order valence-electron chi connectivity index (χ3n) is 7.66. The predicted octanol–water partition coefficient (Wildman–Crippen LogP) is 8.66. The summed E-state index contributed by atoms with van der Waals surface area (Å²) in [7, 11) is 0. The first-order valence-electron chi connectivity index (χ1n) is 10.6. The van der Waals surface area contributed by atoms with Crippen molar-refractivity contribution in [3.8, 4) is 0 Å². The molecule has 9 aromatic carbocycles. The Morgan fingerprint density at radius 1 is 0.233 bits per heavy atom. The van der Waals surface area contributed by atoms with E-state index in [1.807, 2.05) is 0 Å². The van der Waals surface area contributed by atoms with Gasteiger partial charge < -0.3 is 0 Å². The maximum atomic E-state index is 2.45. The SMILES string of the molecule is c1ccc2c(c1)c1ccc3c4cc5c(cc4c3c21)c1ccc2c3ccccc3c2c15. The summed E-state index contributed by atoms with van der Waals surface area (Å²) in [4.78, 5) is 0. The summed E-state index contributed by atoms with van der Waals surface area (Å²) in [6.45, 7) is 0. The minimum atomic E-state index is 1.40. The zero-order valence-electron chi connectivity index (χ0n) is 16.1. The van der Waals surface area contributed by atoms with Crippen LogP contribution in [-0.2, 0) is 0 Å². The Morgan fingerprint density at radius 2 is 0.533 bits per heavy atom. The quantitative estimate of drug-likeness (QED) is 0.249. The van der Waals surface area contributed by atoms with Crippen LogP contribution in [0.3, 0.4) is 0 Å². The summed E-state index contributed by atoms with van der Waals surface area (Å²) in [5.74, 6) is 0. The topological polar surface area (TPSA) is 0 Å². The van der Waals surface area contributed by atoms with Gasteiger partial charge in [0.1, 0.15) is 0 Å². The molecule has 0 heterocycles. The highest BCUT2D eigenvalue weighted by Gasteiger charge is 2.23. The van der Waals surface area contributed by atoms with Crippen LogP contribution in [0.1, 0.15) is 0 Å². The standard InChI is InChI=1S/C30H14/c1-3-7-17-15(5-1)19-9-11-21-23-14-26-24(13-25(23)29(21)27(17)19)22-12-10-20-16-6-2-4-8-18(16)28(20)30(22)26/h1-14H. The Morgan fingerprint density at radius 3 is 0.967 bits per heavy atom. The van der Waals surface area contributed by atoms with Crippen LogP contribution in [0.15, 0.2) is 84.9 Å². The van der Waals surface area contributed by atoms with Gasteiger partial charge in [0.25, 0.3) is 0 Å². The molecule has 0 aromatic heterocycles. The van der Waals surface area contributed by atoms with E-state index < -0.39 is 0 Å².